The van der Waals surface area contributed by atoms with Crippen molar-refractivity contribution in [2.24, 2.45) is 5.92 Å². The standard InChI is InChI=1S/C16H19NS/c1-12-7-10-15(18-12)11-17-16(14-8-9-14)13-5-3-2-4-6-13/h2-7,10,14,16-17H,8-9,11H2,1H3. The third kappa shape index (κ3) is 2.82. The lowest BCUT2D eigenvalue weighted by atomic mass is 10.0. The van der Waals surface area contributed by atoms with Gasteiger partial charge in [-0.3, -0.25) is 0 Å². The van der Waals surface area contributed by atoms with E-state index in [9.17, 15) is 0 Å². The van der Waals surface area contributed by atoms with Gasteiger partial charge in [0.05, 0.1) is 0 Å². The Bertz CT molecular complexity index is 499. The number of hydrogen-bond donors (Lipinski definition) is 1. The minimum absolute atomic E-state index is 0.536. The van der Waals surface area contributed by atoms with Crippen molar-refractivity contribution in [2.75, 3.05) is 0 Å². The van der Waals surface area contributed by atoms with Gasteiger partial charge >= 0.3 is 0 Å². The Labute approximate surface area is 113 Å². The number of thiophene rings is 1. The van der Waals surface area contributed by atoms with Crippen molar-refractivity contribution >= 4 is 11.3 Å². The summed E-state index contributed by atoms with van der Waals surface area (Å²) in [6.45, 7) is 3.16. The molecule has 1 heterocycles. The quantitative estimate of drug-likeness (QED) is 0.842. The van der Waals surface area contributed by atoms with Gasteiger partial charge in [0.25, 0.3) is 0 Å². The van der Waals surface area contributed by atoms with Crippen molar-refractivity contribution in [1.82, 2.24) is 5.32 Å². The number of aryl methyl sites for hydroxylation is 1. The number of nitrogens with one attached hydrogen (secondary N) is 1. The predicted octanol–water partition coefficient (Wildman–Crippen LogP) is 4.30. The van der Waals surface area contributed by atoms with E-state index in [1.165, 1.54) is 28.2 Å². The third-order valence-electron chi connectivity index (χ3n) is 3.54. The summed E-state index contributed by atoms with van der Waals surface area (Å²) in [6, 6.07) is 15.8. The summed E-state index contributed by atoms with van der Waals surface area (Å²) in [5.74, 6) is 0.841. The normalized spacial score (nSPS) is 16.7. The van der Waals surface area contributed by atoms with Crippen molar-refractivity contribution in [3.8, 4) is 0 Å². The molecule has 1 aromatic heterocycles. The summed E-state index contributed by atoms with van der Waals surface area (Å²) < 4.78 is 0. The highest BCUT2D eigenvalue weighted by atomic mass is 32.1. The van der Waals surface area contributed by atoms with Crippen LogP contribution in [0.1, 0.15) is 34.2 Å². The van der Waals surface area contributed by atoms with Gasteiger partial charge in [-0.05, 0) is 43.4 Å². The summed E-state index contributed by atoms with van der Waals surface area (Å²) in [5, 5.41) is 3.74. The van der Waals surface area contributed by atoms with Gasteiger partial charge in [-0.1, -0.05) is 30.3 Å². The van der Waals surface area contributed by atoms with Gasteiger partial charge in [0.15, 0.2) is 0 Å². The zero-order chi connectivity index (χ0) is 12.4. The average molecular weight is 257 g/mol. The molecule has 3 rings (SSSR count). The minimum Gasteiger partial charge on any atom is -0.305 e. The molecule has 0 bridgehead atoms. The molecular formula is C16H19NS. The van der Waals surface area contributed by atoms with E-state index < -0.39 is 0 Å². The molecule has 18 heavy (non-hydrogen) atoms. The maximum Gasteiger partial charge on any atom is 0.0351 e. The van der Waals surface area contributed by atoms with E-state index in [0.29, 0.717) is 6.04 Å². The molecule has 1 N–H and O–H groups in total. The van der Waals surface area contributed by atoms with E-state index in [1.54, 1.807) is 0 Å². The fourth-order valence-corrected chi connectivity index (χ4v) is 3.28. The van der Waals surface area contributed by atoms with Crippen LogP contribution in [0.15, 0.2) is 42.5 Å². The molecule has 1 fully saturated rings. The first-order chi connectivity index (χ1) is 8.83. The van der Waals surface area contributed by atoms with Crippen LogP contribution in [0, 0.1) is 12.8 Å². The smallest absolute Gasteiger partial charge is 0.0351 e. The number of rotatable bonds is 5. The topological polar surface area (TPSA) is 12.0 Å². The van der Waals surface area contributed by atoms with Crippen molar-refractivity contribution < 1.29 is 0 Å². The second-order valence-corrected chi connectivity index (χ2v) is 6.49. The first-order valence-electron chi connectivity index (χ1n) is 6.66. The predicted molar refractivity (Wildman–Crippen MR) is 77.8 cm³/mol. The first kappa shape index (κ1) is 11.9. The van der Waals surface area contributed by atoms with Crippen LogP contribution in [0.4, 0.5) is 0 Å². The fourth-order valence-electron chi connectivity index (χ4n) is 2.44. The van der Waals surface area contributed by atoms with Crippen molar-refractivity contribution in [3.63, 3.8) is 0 Å². The zero-order valence-electron chi connectivity index (χ0n) is 10.7. The molecule has 1 nitrogen and oxygen atoms in total. The van der Waals surface area contributed by atoms with E-state index >= 15 is 0 Å². The van der Waals surface area contributed by atoms with Crippen LogP contribution in [0.3, 0.4) is 0 Å². The van der Waals surface area contributed by atoms with Crippen molar-refractivity contribution in [2.45, 2.75) is 32.4 Å². The Balaban J connectivity index is 1.68. The Morgan fingerprint density at radius 2 is 1.94 bits per heavy atom. The molecule has 0 aliphatic heterocycles. The molecule has 94 valence electrons. The lowest BCUT2D eigenvalue weighted by Gasteiger charge is -2.18. The molecule has 1 aliphatic rings. The summed E-state index contributed by atoms with van der Waals surface area (Å²) in [4.78, 5) is 2.84. The number of hydrogen-bond acceptors (Lipinski definition) is 2. The fraction of sp³-hybridized carbons (Fsp3) is 0.375. The highest BCUT2D eigenvalue weighted by molar-refractivity contribution is 7.11. The molecular weight excluding hydrogens is 238 g/mol. The highest BCUT2D eigenvalue weighted by Gasteiger charge is 2.31. The van der Waals surface area contributed by atoms with E-state index in [2.05, 4.69) is 54.7 Å². The second kappa shape index (κ2) is 5.25. The van der Waals surface area contributed by atoms with Crippen LogP contribution >= 0.6 is 11.3 Å². The molecule has 0 saturated heterocycles. The van der Waals surface area contributed by atoms with Gasteiger partial charge in [0, 0.05) is 22.3 Å². The largest absolute Gasteiger partial charge is 0.305 e. The van der Waals surface area contributed by atoms with Gasteiger partial charge in [-0.25, -0.2) is 0 Å². The van der Waals surface area contributed by atoms with Crippen LogP contribution in [-0.2, 0) is 6.54 Å². The van der Waals surface area contributed by atoms with Crippen LogP contribution < -0.4 is 5.32 Å². The van der Waals surface area contributed by atoms with Gasteiger partial charge in [0.1, 0.15) is 0 Å². The Hall–Kier alpha value is -1.12. The zero-order valence-corrected chi connectivity index (χ0v) is 11.5. The molecule has 2 heteroatoms. The van der Waals surface area contributed by atoms with E-state index in [0.717, 1.165) is 12.5 Å². The van der Waals surface area contributed by atoms with Crippen molar-refractivity contribution in [3.05, 3.63) is 57.8 Å². The second-order valence-electron chi connectivity index (χ2n) is 5.12. The van der Waals surface area contributed by atoms with Crippen LogP contribution in [0.5, 0.6) is 0 Å². The molecule has 1 aromatic carbocycles. The monoisotopic (exact) mass is 257 g/mol. The maximum absolute atomic E-state index is 3.74. The molecule has 1 aliphatic carbocycles. The van der Waals surface area contributed by atoms with E-state index in [4.69, 9.17) is 0 Å². The summed E-state index contributed by atoms with van der Waals surface area (Å²) in [7, 11) is 0. The molecule has 0 spiro atoms. The van der Waals surface area contributed by atoms with Gasteiger partial charge in [-0.2, -0.15) is 0 Å². The van der Waals surface area contributed by atoms with E-state index in [1.807, 2.05) is 11.3 Å². The molecule has 1 unspecified atom stereocenters. The van der Waals surface area contributed by atoms with Crippen LogP contribution in [0.2, 0.25) is 0 Å². The lowest BCUT2D eigenvalue weighted by molar-refractivity contribution is 0.483. The molecule has 1 saturated carbocycles. The van der Waals surface area contributed by atoms with Crippen LogP contribution in [-0.4, -0.2) is 0 Å². The van der Waals surface area contributed by atoms with Gasteiger partial charge in [0.2, 0.25) is 0 Å². The summed E-state index contributed by atoms with van der Waals surface area (Å²) >= 11 is 1.89. The van der Waals surface area contributed by atoms with E-state index in [-0.39, 0.29) is 0 Å². The minimum atomic E-state index is 0.536. The summed E-state index contributed by atoms with van der Waals surface area (Å²) in [6.07, 6.45) is 2.74. The average Bonchev–Trinajstić information content (AvgIpc) is 3.14. The Kier molecular flexibility index (Phi) is 3.48. The Morgan fingerprint density at radius 1 is 1.17 bits per heavy atom. The lowest BCUT2D eigenvalue weighted by Crippen LogP contribution is -2.22. The molecule has 0 radical (unpaired) electrons. The summed E-state index contributed by atoms with van der Waals surface area (Å²) in [5.41, 5.74) is 1.44. The third-order valence-corrected chi connectivity index (χ3v) is 4.54. The van der Waals surface area contributed by atoms with Crippen LogP contribution in [0.25, 0.3) is 0 Å². The number of benzene rings is 1. The SMILES string of the molecule is Cc1ccc(CNC(c2ccccc2)C2CC2)s1. The Morgan fingerprint density at radius 3 is 2.56 bits per heavy atom. The molecule has 0 amide bonds. The molecule has 1 atom stereocenters. The van der Waals surface area contributed by atoms with Crippen molar-refractivity contribution in [1.29, 1.82) is 0 Å². The van der Waals surface area contributed by atoms with Gasteiger partial charge < -0.3 is 5.32 Å². The van der Waals surface area contributed by atoms with Gasteiger partial charge in [-0.15, -0.1) is 11.3 Å². The highest BCUT2D eigenvalue weighted by Crippen LogP contribution is 2.41. The maximum atomic E-state index is 3.74. The molecule has 2 aromatic rings. The first-order valence-corrected chi connectivity index (χ1v) is 7.48.